The van der Waals surface area contributed by atoms with Crippen LogP contribution in [0.25, 0.3) is 0 Å². The molecule has 1 saturated carbocycles. The van der Waals surface area contributed by atoms with Gasteiger partial charge >= 0.3 is 0 Å². The van der Waals surface area contributed by atoms with Crippen molar-refractivity contribution >= 4 is 47.2 Å². The Balaban J connectivity index is 0.00000288. The first-order valence-electron chi connectivity index (χ1n) is 8.27. The van der Waals surface area contributed by atoms with Gasteiger partial charge in [-0.05, 0) is 19.3 Å². The lowest BCUT2D eigenvalue weighted by molar-refractivity contribution is -0.127. The fourth-order valence-corrected chi connectivity index (χ4v) is 3.26. The number of nitrogens with zero attached hydrogens (tertiary/aromatic N) is 3. The Morgan fingerprint density at radius 3 is 2.71 bits per heavy atom. The largest absolute Gasteiger partial charge is 0.354 e. The third-order valence-corrected chi connectivity index (χ3v) is 5.07. The van der Waals surface area contributed by atoms with E-state index in [0.29, 0.717) is 18.5 Å². The van der Waals surface area contributed by atoms with Crippen LogP contribution in [0, 0.1) is 0 Å². The van der Waals surface area contributed by atoms with E-state index in [1.165, 1.54) is 30.6 Å². The quantitative estimate of drug-likeness (QED) is 0.385. The van der Waals surface area contributed by atoms with E-state index in [0.717, 1.165) is 11.4 Å². The lowest BCUT2D eigenvalue weighted by atomic mass is 10.2. The number of carbonyl (C=O) groups excluding carboxylic acids is 1. The van der Waals surface area contributed by atoms with E-state index < -0.39 is 0 Å². The number of amides is 1. The van der Waals surface area contributed by atoms with Crippen LogP contribution in [-0.2, 0) is 17.8 Å². The molecule has 1 aliphatic carbocycles. The van der Waals surface area contributed by atoms with Crippen molar-refractivity contribution in [2.75, 3.05) is 20.6 Å². The summed E-state index contributed by atoms with van der Waals surface area (Å²) in [5.74, 6) is 0.709. The first-order chi connectivity index (χ1) is 11.1. The van der Waals surface area contributed by atoms with Crippen LogP contribution in [0.2, 0.25) is 0 Å². The van der Waals surface area contributed by atoms with Crippen LogP contribution in [0.15, 0.2) is 11.2 Å². The monoisotopic (exact) mass is 465 g/mol. The van der Waals surface area contributed by atoms with Crippen molar-refractivity contribution in [1.29, 1.82) is 0 Å². The second-order valence-corrected chi connectivity index (χ2v) is 7.21. The standard InChI is InChI=1S/C16H27N5OS.HI/c1-4-13-9-17-14(23-13)10-18-16(19-11-15(22)21(2)3)20-12-7-5-6-8-12;/h9,12H,4-8,10-11H2,1-3H3,(H2,18,19,20);1H. The summed E-state index contributed by atoms with van der Waals surface area (Å²) < 4.78 is 0. The predicted octanol–water partition coefficient (Wildman–Crippen LogP) is 2.39. The van der Waals surface area contributed by atoms with Crippen molar-refractivity contribution in [3.63, 3.8) is 0 Å². The van der Waals surface area contributed by atoms with Crippen molar-refractivity contribution in [3.05, 3.63) is 16.1 Å². The van der Waals surface area contributed by atoms with Gasteiger partial charge in [0.1, 0.15) is 11.6 Å². The second-order valence-electron chi connectivity index (χ2n) is 6.01. The van der Waals surface area contributed by atoms with Gasteiger partial charge in [-0.15, -0.1) is 35.3 Å². The maximum Gasteiger partial charge on any atom is 0.243 e. The molecule has 0 unspecified atom stereocenters. The molecule has 0 saturated heterocycles. The molecule has 1 aliphatic rings. The molecule has 2 N–H and O–H groups in total. The molecule has 1 heterocycles. The number of thiazole rings is 1. The molecule has 136 valence electrons. The molecule has 1 amide bonds. The summed E-state index contributed by atoms with van der Waals surface area (Å²) in [5, 5.41) is 7.80. The van der Waals surface area contributed by atoms with E-state index in [1.807, 2.05) is 6.20 Å². The highest BCUT2D eigenvalue weighted by Gasteiger charge is 2.16. The van der Waals surface area contributed by atoms with Crippen LogP contribution in [0.1, 0.15) is 42.5 Å². The SMILES string of the molecule is CCc1cnc(CNC(=NCC(=O)N(C)C)NC2CCCC2)s1.I. The minimum Gasteiger partial charge on any atom is -0.354 e. The number of guanidine groups is 1. The highest BCUT2D eigenvalue weighted by molar-refractivity contribution is 14.0. The van der Waals surface area contributed by atoms with Crippen LogP contribution < -0.4 is 10.6 Å². The van der Waals surface area contributed by atoms with E-state index in [4.69, 9.17) is 0 Å². The number of halogens is 1. The Bertz CT molecular complexity index is 540. The molecule has 2 rings (SSSR count). The molecule has 0 aliphatic heterocycles. The number of aromatic nitrogens is 1. The molecule has 24 heavy (non-hydrogen) atoms. The number of likely N-dealkylation sites (N-methyl/N-ethyl adjacent to an activating group) is 1. The molecule has 8 heteroatoms. The van der Waals surface area contributed by atoms with Gasteiger partial charge in [0.2, 0.25) is 5.91 Å². The summed E-state index contributed by atoms with van der Waals surface area (Å²) in [6.07, 6.45) is 7.79. The lowest BCUT2D eigenvalue weighted by Gasteiger charge is -2.17. The fraction of sp³-hybridized carbons (Fsp3) is 0.688. The average molecular weight is 465 g/mol. The average Bonchev–Trinajstić information content (AvgIpc) is 3.20. The molecule has 1 aromatic heterocycles. The summed E-state index contributed by atoms with van der Waals surface area (Å²) in [7, 11) is 3.49. The van der Waals surface area contributed by atoms with Crippen LogP contribution in [0.3, 0.4) is 0 Å². The normalized spacial score (nSPS) is 15.0. The van der Waals surface area contributed by atoms with Gasteiger partial charge in [0, 0.05) is 31.2 Å². The molecule has 1 fully saturated rings. The van der Waals surface area contributed by atoms with Crippen LogP contribution in [-0.4, -0.2) is 48.4 Å². The van der Waals surface area contributed by atoms with Crippen LogP contribution in [0.4, 0.5) is 0 Å². The van der Waals surface area contributed by atoms with Gasteiger partial charge in [-0.25, -0.2) is 9.98 Å². The van der Waals surface area contributed by atoms with Gasteiger partial charge in [-0.3, -0.25) is 4.79 Å². The van der Waals surface area contributed by atoms with Crippen LogP contribution in [0.5, 0.6) is 0 Å². The smallest absolute Gasteiger partial charge is 0.243 e. The second kappa shape index (κ2) is 10.9. The Morgan fingerprint density at radius 1 is 1.42 bits per heavy atom. The van der Waals surface area contributed by atoms with Gasteiger partial charge in [-0.1, -0.05) is 19.8 Å². The first kappa shape index (κ1) is 21.1. The molecule has 1 aromatic rings. The predicted molar refractivity (Wildman–Crippen MR) is 110 cm³/mol. The topological polar surface area (TPSA) is 69.6 Å². The summed E-state index contributed by atoms with van der Waals surface area (Å²) in [6.45, 7) is 2.93. The van der Waals surface area contributed by atoms with Gasteiger partial charge in [0.15, 0.2) is 5.96 Å². The third-order valence-electron chi connectivity index (χ3n) is 3.92. The third kappa shape index (κ3) is 6.92. The Labute approximate surface area is 165 Å². The van der Waals surface area contributed by atoms with E-state index in [2.05, 4.69) is 27.5 Å². The Morgan fingerprint density at radius 2 is 2.12 bits per heavy atom. The Hall–Kier alpha value is -0.900. The number of aliphatic imine (C=N–C) groups is 1. The van der Waals surface area contributed by atoms with Gasteiger partial charge in [0.05, 0.1) is 6.54 Å². The molecule has 0 bridgehead atoms. The summed E-state index contributed by atoms with van der Waals surface area (Å²) >= 11 is 1.72. The molecular weight excluding hydrogens is 437 g/mol. The number of aryl methyl sites for hydroxylation is 1. The van der Waals surface area contributed by atoms with E-state index >= 15 is 0 Å². The van der Waals surface area contributed by atoms with Crippen molar-refractivity contribution in [2.24, 2.45) is 4.99 Å². The van der Waals surface area contributed by atoms with E-state index in [1.54, 1.807) is 30.3 Å². The Kier molecular flexibility index (Phi) is 9.57. The zero-order chi connectivity index (χ0) is 16.7. The lowest BCUT2D eigenvalue weighted by Crippen LogP contribution is -2.42. The molecule has 0 radical (unpaired) electrons. The van der Waals surface area contributed by atoms with Gasteiger partial charge in [0.25, 0.3) is 0 Å². The van der Waals surface area contributed by atoms with E-state index in [-0.39, 0.29) is 36.4 Å². The number of hydrogen-bond donors (Lipinski definition) is 2. The zero-order valence-electron chi connectivity index (χ0n) is 14.7. The first-order valence-corrected chi connectivity index (χ1v) is 9.08. The minimum absolute atomic E-state index is 0. The molecule has 0 spiro atoms. The number of hydrogen-bond acceptors (Lipinski definition) is 4. The maximum atomic E-state index is 11.8. The number of nitrogens with one attached hydrogen (secondary N) is 2. The molecular formula is C16H28IN5OS. The zero-order valence-corrected chi connectivity index (χ0v) is 17.8. The van der Waals surface area contributed by atoms with Crippen molar-refractivity contribution < 1.29 is 4.79 Å². The van der Waals surface area contributed by atoms with Crippen molar-refractivity contribution in [1.82, 2.24) is 20.5 Å². The molecule has 0 aromatic carbocycles. The van der Waals surface area contributed by atoms with Crippen LogP contribution >= 0.6 is 35.3 Å². The maximum absolute atomic E-state index is 11.8. The van der Waals surface area contributed by atoms with Crippen molar-refractivity contribution in [3.8, 4) is 0 Å². The van der Waals surface area contributed by atoms with E-state index in [9.17, 15) is 4.79 Å². The fourth-order valence-electron chi connectivity index (χ4n) is 2.46. The van der Waals surface area contributed by atoms with Gasteiger partial charge < -0.3 is 15.5 Å². The summed E-state index contributed by atoms with van der Waals surface area (Å²) in [4.78, 5) is 23.4. The van der Waals surface area contributed by atoms with Gasteiger partial charge in [-0.2, -0.15) is 0 Å². The highest BCUT2D eigenvalue weighted by Crippen LogP contribution is 2.17. The minimum atomic E-state index is 0. The number of rotatable bonds is 6. The number of carbonyl (C=O) groups is 1. The highest BCUT2D eigenvalue weighted by atomic mass is 127. The molecule has 6 nitrogen and oxygen atoms in total. The molecule has 0 atom stereocenters. The summed E-state index contributed by atoms with van der Waals surface area (Å²) in [5.41, 5.74) is 0. The summed E-state index contributed by atoms with van der Waals surface area (Å²) in [6, 6.07) is 0.457. The van der Waals surface area contributed by atoms with Crippen molar-refractivity contribution in [2.45, 2.75) is 51.6 Å².